The van der Waals surface area contributed by atoms with Crippen LogP contribution in [-0.2, 0) is 6.42 Å². The standard InChI is InChI=1S/C18H23F/c1-15(2)17-10-8-16(9-11-17)14-18(19)12-6-4-3-5-7-13-18/h8-11,15H,3-6,12,14H2,1-2H3. The summed E-state index contributed by atoms with van der Waals surface area (Å²) >= 11 is 0. The van der Waals surface area contributed by atoms with Crippen molar-refractivity contribution < 1.29 is 4.39 Å². The molecule has 1 aliphatic rings. The van der Waals surface area contributed by atoms with E-state index < -0.39 is 5.67 Å². The summed E-state index contributed by atoms with van der Waals surface area (Å²) in [6.45, 7) is 4.35. The van der Waals surface area contributed by atoms with E-state index in [0.717, 1.165) is 31.2 Å². The largest absolute Gasteiger partial charge is 0.229 e. The predicted octanol–water partition coefficient (Wildman–Crippen LogP) is 5.03. The van der Waals surface area contributed by atoms with Crippen LogP contribution in [0.2, 0.25) is 0 Å². The van der Waals surface area contributed by atoms with Crippen molar-refractivity contribution in [1.82, 2.24) is 0 Å². The van der Waals surface area contributed by atoms with Crippen molar-refractivity contribution in [3.8, 4) is 11.8 Å². The topological polar surface area (TPSA) is 0 Å². The second-order valence-corrected chi connectivity index (χ2v) is 5.90. The van der Waals surface area contributed by atoms with Crippen LogP contribution in [0.25, 0.3) is 0 Å². The monoisotopic (exact) mass is 258 g/mol. The number of benzene rings is 1. The van der Waals surface area contributed by atoms with Crippen LogP contribution < -0.4 is 0 Å². The van der Waals surface area contributed by atoms with Gasteiger partial charge in [-0.15, -0.1) is 0 Å². The van der Waals surface area contributed by atoms with Crippen molar-refractivity contribution >= 4 is 0 Å². The first-order valence-electron chi connectivity index (χ1n) is 7.37. The average Bonchev–Trinajstić information content (AvgIpc) is 2.35. The summed E-state index contributed by atoms with van der Waals surface area (Å²) in [6, 6.07) is 8.33. The van der Waals surface area contributed by atoms with Crippen molar-refractivity contribution in [2.24, 2.45) is 0 Å². The van der Waals surface area contributed by atoms with Crippen LogP contribution in [0.1, 0.15) is 63.0 Å². The Morgan fingerprint density at radius 2 is 1.89 bits per heavy atom. The Hall–Kier alpha value is -1.29. The van der Waals surface area contributed by atoms with Crippen LogP contribution in [0.4, 0.5) is 4.39 Å². The smallest absolute Gasteiger partial charge is 0.174 e. The highest BCUT2D eigenvalue weighted by atomic mass is 19.1. The quantitative estimate of drug-likeness (QED) is 0.667. The van der Waals surface area contributed by atoms with Crippen molar-refractivity contribution in [3.63, 3.8) is 0 Å². The maximum Gasteiger partial charge on any atom is 0.174 e. The lowest BCUT2D eigenvalue weighted by atomic mass is 9.89. The molecule has 102 valence electrons. The first-order chi connectivity index (χ1) is 9.09. The van der Waals surface area contributed by atoms with Gasteiger partial charge >= 0.3 is 0 Å². The van der Waals surface area contributed by atoms with Gasteiger partial charge in [-0.2, -0.15) is 0 Å². The number of halogens is 1. The molecule has 0 aliphatic heterocycles. The molecule has 1 heteroatoms. The van der Waals surface area contributed by atoms with E-state index in [1.807, 2.05) is 0 Å². The van der Waals surface area contributed by atoms with E-state index in [4.69, 9.17) is 0 Å². The van der Waals surface area contributed by atoms with Crippen molar-refractivity contribution in [1.29, 1.82) is 0 Å². The summed E-state index contributed by atoms with van der Waals surface area (Å²) in [7, 11) is 0. The van der Waals surface area contributed by atoms with Gasteiger partial charge in [-0.05, 0) is 36.3 Å². The van der Waals surface area contributed by atoms with E-state index in [2.05, 4.69) is 50.0 Å². The van der Waals surface area contributed by atoms with Gasteiger partial charge in [0.15, 0.2) is 5.67 Å². The third kappa shape index (κ3) is 4.10. The Kier molecular flexibility index (Phi) is 4.64. The lowest BCUT2D eigenvalue weighted by Gasteiger charge is -2.21. The van der Waals surface area contributed by atoms with E-state index in [-0.39, 0.29) is 0 Å². The molecule has 0 aromatic heterocycles. The highest BCUT2D eigenvalue weighted by Crippen LogP contribution is 2.27. The Morgan fingerprint density at radius 1 is 1.16 bits per heavy atom. The van der Waals surface area contributed by atoms with Crippen LogP contribution in [-0.4, -0.2) is 5.67 Å². The van der Waals surface area contributed by atoms with E-state index in [0.29, 0.717) is 18.8 Å². The summed E-state index contributed by atoms with van der Waals surface area (Å²) in [5.41, 5.74) is 1.04. The van der Waals surface area contributed by atoms with E-state index >= 15 is 0 Å². The van der Waals surface area contributed by atoms with Crippen LogP contribution in [0.15, 0.2) is 24.3 Å². The van der Waals surface area contributed by atoms with Crippen molar-refractivity contribution in [3.05, 3.63) is 35.4 Å². The molecule has 0 bridgehead atoms. The van der Waals surface area contributed by atoms with Gasteiger partial charge in [-0.3, -0.25) is 0 Å². The summed E-state index contributed by atoms with van der Waals surface area (Å²) in [6.07, 6.45) is 5.02. The molecular weight excluding hydrogens is 235 g/mol. The molecule has 0 N–H and O–H groups in total. The minimum Gasteiger partial charge on any atom is -0.229 e. The number of alkyl halides is 1. The summed E-state index contributed by atoms with van der Waals surface area (Å²) in [5.74, 6) is 6.39. The molecule has 0 spiro atoms. The maximum atomic E-state index is 14.8. The molecule has 2 rings (SSSR count). The molecule has 19 heavy (non-hydrogen) atoms. The highest BCUT2D eigenvalue weighted by Gasteiger charge is 2.27. The Bertz CT molecular complexity index is 461. The second-order valence-electron chi connectivity index (χ2n) is 5.90. The zero-order chi connectivity index (χ0) is 13.7. The van der Waals surface area contributed by atoms with Crippen LogP contribution in [0.3, 0.4) is 0 Å². The second kappa shape index (κ2) is 6.24. The van der Waals surface area contributed by atoms with Crippen LogP contribution >= 0.6 is 0 Å². The molecule has 1 aromatic rings. The minimum atomic E-state index is -1.32. The fourth-order valence-corrected chi connectivity index (χ4v) is 2.56. The van der Waals surface area contributed by atoms with Gasteiger partial charge in [0.25, 0.3) is 0 Å². The zero-order valence-electron chi connectivity index (χ0n) is 12.0. The molecular formula is C18H23F. The predicted molar refractivity (Wildman–Crippen MR) is 78.9 cm³/mol. The number of hydrogen-bond acceptors (Lipinski definition) is 0. The molecule has 1 aromatic carbocycles. The van der Waals surface area contributed by atoms with Gasteiger partial charge in [0, 0.05) is 12.8 Å². The Morgan fingerprint density at radius 3 is 2.58 bits per heavy atom. The van der Waals surface area contributed by atoms with Gasteiger partial charge in [-0.25, -0.2) is 4.39 Å². The zero-order valence-corrected chi connectivity index (χ0v) is 12.0. The SMILES string of the molecule is CC(C)c1ccc(CC2(F)C#CCCCCC2)cc1. The van der Waals surface area contributed by atoms with Gasteiger partial charge < -0.3 is 0 Å². The normalized spacial score (nSPS) is 23.4. The molecule has 1 atom stereocenters. The highest BCUT2D eigenvalue weighted by molar-refractivity contribution is 5.28. The van der Waals surface area contributed by atoms with E-state index in [1.165, 1.54) is 5.56 Å². The van der Waals surface area contributed by atoms with E-state index in [1.54, 1.807) is 0 Å². The Balaban J connectivity index is 2.10. The molecule has 0 saturated heterocycles. The van der Waals surface area contributed by atoms with Gasteiger partial charge in [0.2, 0.25) is 0 Å². The third-order valence-electron chi connectivity index (χ3n) is 3.82. The Labute approximate surface area is 116 Å². The lowest BCUT2D eigenvalue weighted by molar-refractivity contribution is 0.217. The molecule has 0 nitrogen and oxygen atoms in total. The molecule has 1 unspecified atom stereocenters. The average molecular weight is 258 g/mol. The van der Waals surface area contributed by atoms with Crippen molar-refractivity contribution in [2.45, 2.75) is 64.0 Å². The molecule has 0 saturated carbocycles. The van der Waals surface area contributed by atoms with Gasteiger partial charge in [0.05, 0.1) is 0 Å². The first kappa shape index (κ1) is 14.1. The van der Waals surface area contributed by atoms with Gasteiger partial charge in [-0.1, -0.05) is 56.4 Å². The summed E-state index contributed by atoms with van der Waals surface area (Å²) < 4.78 is 14.8. The number of rotatable bonds is 3. The summed E-state index contributed by atoms with van der Waals surface area (Å²) in [4.78, 5) is 0. The fraction of sp³-hybridized carbons (Fsp3) is 0.556. The van der Waals surface area contributed by atoms with Crippen LogP contribution in [0, 0.1) is 11.8 Å². The van der Waals surface area contributed by atoms with Gasteiger partial charge in [0.1, 0.15) is 0 Å². The maximum absolute atomic E-state index is 14.8. The molecule has 1 aliphatic carbocycles. The summed E-state index contributed by atoms with van der Waals surface area (Å²) in [5, 5.41) is 0. The van der Waals surface area contributed by atoms with Crippen molar-refractivity contribution in [2.75, 3.05) is 0 Å². The lowest BCUT2D eigenvalue weighted by Crippen LogP contribution is -2.24. The van der Waals surface area contributed by atoms with Crippen LogP contribution in [0.5, 0.6) is 0 Å². The molecule has 0 amide bonds. The molecule has 0 fully saturated rings. The van der Waals surface area contributed by atoms with E-state index in [9.17, 15) is 4.39 Å². The number of hydrogen-bond donors (Lipinski definition) is 0. The third-order valence-corrected chi connectivity index (χ3v) is 3.82. The first-order valence-corrected chi connectivity index (χ1v) is 7.37. The minimum absolute atomic E-state index is 0.429. The molecule has 0 radical (unpaired) electrons. The fourth-order valence-electron chi connectivity index (χ4n) is 2.56. The molecule has 0 heterocycles.